The first kappa shape index (κ1) is 12.5. The zero-order valence-electron chi connectivity index (χ0n) is 11.8. The Balaban J connectivity index is 1.60. The Kier molecular flexibility index (Phi) is 3.11. The van der Waals surface area contributed by atoms with Gasteiger partial charge >= 0.3 is 0 Å². The van der Waals surface area contributed by atoms with Crippen molar-refractivity contribution in [3.63, 3.8) is 0 Å². The van der Waals surface area contributed by atoms with Gasteiger partial charge in [-0.05, 0) is 32.1 Å². The van der Waals surface area contributed by atoms with E-state index in [9.17, 15) is 0 Å². The van der Waals surface area contributed by atoms with Gasteiger partial charge in [-0.3, -0.25) is 0 Å². The Hall–Kier alpha value is -1.20. The van der Waals surface area contributed by atoms with Crippen molar-refractivity contribution in [3.8, 4) is 10.8 Å². The van der Waals surface area contributed by atoms with Crippen molar-refractivity contribution in [2.24, 2.45) is 7.05 Å². The van der Waals surface area contributed by atoms with Crippen molar-refractivity contribution in [3.05, 3.63) is 23.0 Å². The molecule has 4 rings (SSSR count). The van der Waals surface area contributed by atoms with Crippen molar-refractivity contribution < 1.29 is 0 Å². The molecule has 1 unspecified atom stereocenters. The third kappa shape index (κ3) is 2.29. The fourth-order valence-corrected chi connectivity index (χ4v) is 4.20. The van der Waals surface area contributed by atoms with Gasteiger partial charge in [0.05, 0.1) is 5.69 Å². The van der Waals surface area contributed by atoms with Gasteiger partial charge in [-0.15, -0.1) is 11.3 Å². The predicted octanol–water partition coefficient (Wildman–Crippen LogP) is 2.72. The zero-order valence-corrected chi connectivity index (χ0v) is 12.6. The fraction of sp³-hybridized carbons (Fsp3) is 0.600. The maximum atomic E-state index is 4.93. The molecule has 0 saturated heterocycles. The summed E-state index contributed by atoms with van der Waals surface area (Å²) in [5.74, 6) is 1.60. The first-order valence-electron chi connectivity index (χ1n) is 7.52. The highest BCUT2D eigenvalue weighted by atomic mass is 32.1. The molecule has 2 aliphatic carbocycles. The van der Waals surface area contributed by atoms with Crippen molar-refractivity contribution >= 4 is 11.3 Å². The topological polar surface area (TPSA) is 42.7 Å². The van der Waals surface area contributed by atoms with E-state index >= 15 is 0 Å². The second-order valence-electron chi connectivity index (χ2n) is 5.96. The van der Waals surface area contributed by atoms with Crippen LogP contribution in [0.2, 0.25) is 0 Å². The molecule has 1 N–H and O–H groups in total. The number of nitrogens with zero attached hydrogens (tertiary/aromatic N) is 3. The molecular weight excluding hydrogens is 268 g/mol. The van der Waals surface area contributed by atoms with Crippen molar-refractivity contribution in [2.45, 2.75) is 44.1 Å². The lowest BCUT2D eigenvalue weighted by molar-refractivity contribution is 0.500. The molecule has 0 radical (unpaired) electrons. The zero-order chi connectivity index (χ0) is 13.5. The second kappa shape index (κ2) is 4.97. The number of aromatic nitrogens is 3. The number of hydrogen-bond donors (Lipinski definition) is 1. The van der Waals surface area contributed by atoms with Crippen LogP contribution in [0.1, 0.15) is 42.2 Å². The molecule has 0 bridgehead atoms. The molecule has 0 amide bonds. The van der Waals surface area contributed by atoms with E-state index < -0.39 is 0 Å². The molecule has 0 aromatic carbocycles. The van der Waals surface area contributed by atoms with Gasteiger partial charge in [0.2, 0.25) is 0 Å². The molecule has 1 atom stereocenters. The first-order valence-corrected chi connectivity index (χ1v) is 8.33. The summed E-state index contributed by atoms with van der Waals surface area (Å²) in [5.41, 5.74) is 1.34. The van der Waals surface area contributed by atoms with Crippen LogP contribution < -0.4 is 5.32 Å². The van der Waals surface area contributed by atoms with Crippen LogP contribution >= 0.6 is 11.3 Å². The Bertz CT molecular complexity index is 611. The summed E-state index contributed by atoms with van der Waals surface area (Å²) in [6.45, 7) is 1.10. The van der Waals surface area contributed by atoms with Crippen LogP contribution in [0.4, 0.5) is 0 Å². The highest BCUT2D eigenvalue weighted by Gasteiger charge is 2.28. The molecule has 0 spiro atoms. The summed E-state index contributed by atoms with van der Waals surface area (Å²) >= 11 is 1.84. The molecule has 2 aliphatic rings. The van der Waals surface area contributed by atoms with Gasteiger partial charge in [-0.1, -0.05) is 0 Å². The number of nitrogens with one attached hydrogen (secondary N) is 1. The Morgan fingerprint density at radius 1 is 1.40 bits per heavy atom. The molecule has 20 heavy (non-hydrogen) atoms. The van der Waals surface area contributed by atoms with E-state index in [1.807, 2.05) is 30.8 Å². The molecule has 4 nitrogen and oxygen atoms in total. The van der Waals surface area contributed by atoms with Crippen molar-refractivity contribution in [2.75, 3.05) is 6.54 Å². The lowest BCUT2D eigenvalue weighted by Crippen LogP contribution is -2.25. The average Bonchev–Trinajstić information content (AvgIpc) is 3.01. The minimum absolute atomic E-state index is 0.601. The first-order chi connectivity index (χ1) is 9.81. The third-order valence-corrected chi connectivity index (χ3v) is 5.44. The van der Waals surface area contributed by atoms with Gasteiger partial charge in [0.15, 0.2) is 10.8 Å². The van der Waals surface area contributed by atoms with E-state index in [4.69, 9.17) is 4.98 Å². The normalized spacial score (nSPS) is 21.9. The van der Waals surface area contributed by atoms with Crippen LogP contribution in [0.3, 0.4) is 0 Å². The molecular formula is C15H20N4S. The van der Waals surface area contributed by atoms with Crippen molar-refractivity contribution in [1.82, 2.24) is 19.9 Å². The van der Waals surface area contributed by atoms with Crippen LogP contribution in [0.25, 0.3) is 10.8 Å². The number of aryl methyl sites for hydroxylation is 2. The van der Waals surface area contributed by atoms with Crippen LogP contribution in [0.15, 0.2) is 12.4 Å². The van der Waals surface area contributed by atoms with Crippen molar-refractivity contribution in [1.29, 1.82) is 0 Å². The summed E-state index contributed by atoms with van der Waals surface area (Å²) in [6, 6.07) is 0.785. The quantitative estimate of drug-likeness (QED) is 0.940. The number of fused-ring (bicyclic) bond motifs is 1. The minimum atomic E-state index is 0.601. The molecule has 2 heterocycles. The van der Waals surface area contributed by atoms with E-state index in [1.165, 1.54) is 42.7 Å². The van der Waals surface area contributed by atoms with Gasteiger partial charge in [-0.25, -0.2) is 9.97 Å². The van der Waals surface area contributed by atoms with E-state index in [-0.39, 0.29) is 0 Å². The van der Waals surface area contributed by atoms with Gasteiger partial charge < -0.3 is 9.88 Å². The van der Waals surface area contributed by atoms with Crippen LogP contribution in [-0.4, -0.2) is 27.1 Å². The minimum Gasteiger partial charge on any atom is -0.332 e. The number of imidazole rings is 1. The lowest BCUT2D eigenvalue weighted by Gasteiger charge is -2.21. The van der Waals surface area contributed by atoms with Crippen LogP contribution in [-0.2, 0) is 13.5 Å². The van der Waals surface area contributed by atoms with Gasteiger partial charge in [0.25, 0.3) is 0 Å². The molecule has 2 aromatic heterocycles. The fourth-order valence-electron chi connectivity index (χ4n) is 2.97. The van der Waals surface area contributed by atoms with Gasteiger partial charge in [-0.2, -0.15) is 0 Å². The predicted molar refractivity (Wildman–Crippen MR) is 81.0 cm³/mol. The Morgan fingerprint density at radius 2 is 2.30 bits per heavy atom. The van der Waals surface area contributed by atoms with E-state index in [2.05, 4.69) is 14.9 Å². The number of hydrogen-bond acceptors (Lipinski definition) is 4. The number of rotatable bonds is 4. The van der Waals surface area contributed by atoms with E-state index in [1.54, 1.807) is 0 Å². The second-order valence-corrected chi connectivity index (χ2v) is 7.04. The van der Waals surface area contributed by atoms with Gasteiger partial charge in [0, 0.05) is 42.8 Å². The highest BCUT2D eigenvalue weighted by molar-refractivity contribution is 7.15. The average molecular weight is 288 g/mol. The number of thiazole rings is 1. The lowest BCUT2D eigenvalue weighted by atomic mass is 9.91. The summed E-state index contributed by atoms with van der Waals surface area (Å²) < 4.78 is 2.06. The summed E-state index contributed by atoms with van der Waals surface area (Å²) in [4.78, 5) is 10.8. The highest BCUT2D eigenvalue weighted by Crippen LogP contribution is 2.37. The molecule has 2 aromatic rings. The standard InChI is InChI=1S/C15H20N4S/c1-19-8-7-16-14(19)15-18-13-10(9-17-11-5-6-11)3-2-4-12(13)20-15/h7-8,10-11,17H,2-6,9H2,1H3. The summed E-state index contributed by atoms with van der Waals surface area (Å²) in [6.07, 6.45) is 10.3. The van der Waals surface area contributed by atoms with E-state index in [0.717, 1.165) is 23.4 Å². The molecule has 5 heteroatoms. The Morgan fingerprint density at radius 3 is 3.05 bits per heavy atom. The summed E-state index contributed by atoms with van der Waals surface area (Å²) in [7, 11) is 2.04. The smallest absolute Gasteiger partial charge is 0.168 e. The van der Waals surface area contributed by atoms with E-state index in [0.29, 0.717) is 5.92 Å². The van der Waals surface area contributed by atoms with Gasteiger partial charge in [0.1, 0.15) is 0 Å². The third-order valence-electron chi connectivity index (χ3n) is 4.31. The monoisotopic (exact) mass is 288 g/mol. The SMILES string of the molecule is Cn1ccnc1-c1nc2c(s1)CCCC2CNC1CC1. The molecule has 0 aliphatic heterocycles. The molecule has 1 fully saturated rings. The maximum absolute atomic E-state index is 4.93. The molecule has 1 saturated carbocycles. The largest absolute Gasteiger partial charge is 0.332 e. The van der Waals surface area contributed by atoms with Crippen LogP contribution in [0, 0.1) is 0 Å². The van der Waals surface area contributed by atoms with Crippen LogP contribution in [0.5, 0.6) is 0 Å². The maximum Gasteiger partial charge on any atom is 0.168 e. The Labute approximate surface area is 123 Å². The molecule has 106 valence electrons. The summed E-state index contributed by atoms with van der Waals surface area (Å²) in [5, 5.41) is 4.75.